The van der Waals surface area contributed by atoms with Crippen molar-refractivity contribution in [2.45, 2.75) is 37.6 Å². The van der Waals surface area contributed by atoms with Crippen molar-refractivity contribution in [3.63, 3.8) is 0 Å². The van der Waals surface area contributed by atoms with Crippen LogP contribution in [0.25, 0.3) is 0 Å². The topological polar surface area (TPSA) is 49.9 Å². The third kappa shape index (κ3) is 3.30. The Morgan fingerprint density at radius 1 is 1.12 bits per heavy atom. The molecular formula is C21H28N2O3. The van der Waals surface area contributed by atoms with E-state index in [1.807, 2.05) is 11.0 Å². The highest BCUT2D eigenvalue weighted by Crippen LogP contribution is 2.38. The number of ether oxygens (including phenoxy) is 1. The molecule has 0 saturated carbocycles. The highest BCUT2D eigenvalue weighted by Gasteiger charge is 2.45. The average Bonchev–Trinajstić information content (AvgIpc) is 2.66. The molecule has 0 spiro atoms. The summed E-state index contributed by atoms with van der Waals surface area (Å²) in [5, 5.41) is 0. The summed E-state index contributed by atoms with van der Waals surface area (Å²) in [5.41, 5.74) is 1.35. The van der Waals surface area contributed by atoms with Gasteiger partial charge in [-0.1, -0.05) is 30.3 Å². The Balaban J connectivity index is 1.54. The van der Waals surface area contributed by atoms with Crippen LogP contribution in [0.5, 0.6) is 0 Å². The Kier molecular flexibility index (Phi) is 4.84. The van der Waals surface area contributed by atoms with Gasteiger partial charge in [-0.15, -0.1) is 0 Å². The van der Waals surface area contributed by atoms with E-state index in [4.69, 9.17) is 4.74 Å². The van der Waals surface area contributed by atoms with E-state index >= 15 is 0 Å². The largest absolute Gasteiger partial charge is 0.377 e. The third-order valence-electron chi connectivity index (χ3n) is 6.38. The number of hydrogen-bond donors (Lipinski definition) is 0. The molecule has 1 amide bonds. The van der Waals surface area contributed by atoms with Crippen molar-refractivity contribution < 1.29 is 14.3 Å². The fourth-order valence-corrected chi connectivity index (χ4v) is 4.57. The van der Waals surface area contributed by atoms with Crippen LogP contribution in [0.3, 0.4) is 0 Å². The Labute approximate surface area is 155 Å². The summed E-state index contributed by atoms with van der Waals surface area (Å²) in [6.45, 7) is 6.83. The quantitative estimate of drug-likeness (QED) is 0.832. The smallest absolute Gasteiger partial charge is 0.226 e. The molecule has 5 nitrogen and oxygen atoms in total. The Morgan fingerprint density at radius 3 is 2.42 bits per heavy atom. The zero-order valence-corrected chi connectivity index (χ0v) is 15.5. The van der Waals surface area contributed by atoms with Gasteiger partial charge in [-0.2, -0.15) is 0 Å². The molecule has 0 radical (unpaired) electrons. The molecule has 1 aromatic rings. The summed E-state index contributed by atoms with van der Waals surface area (Å²) in [6, 6.07) is 10.4. The normalized spacial score (nSPS) is 29.3. The SMILES string of the molecule is CC1(N2CC[C@@H](C(=O)N3CCC(=O)CC3)[C@H](c3ccccc3)C2)COC1. The third-order valence-corrected chi connectivity index (χ3v) is 6.38. The molecule has 5 heteroatoms. The second kappa shape index (κ2) is 7.12. The molecule has 140 valence electrons. The molecule has 26 heavy (non-hydrogen) atoms. The Bertz CT molecular complexity index is 661. The van der Waals surface area contributed by atoms with E-state index in [9.17, 15) is 9.59 Å². The van der Waals surface area contributed by atoms with Gasteiger partial charge in [-0.3, -0.25) is 14.5 Å². The van der Waals surface area contributed by atoms with Gasteiger partial charge < -0.3 is 9.64 Å². The Hall–Kier alpha value is -1.72. The van der Waals surface area contributed by atoms with Crippen molar-refractivity contribution in [1.82, 2.24) is 9.80 Å². The molecule has 2 atom stereocenters. The fourth-order valence-electron chi connectivity index (χ4n) is 4.57. The first-order valence-corrected chi connectivity index (χ1v) is 9.75. The van der Waals surface area contributed by atoms with Gasteiger partial charge in [0, 0.05) is 44.3 Å². The predicted molar refractivity (Wildman–Crippen MR) is 98.9 cm³/mol. The highest BCUT2D eigenvalue weighted by molar-refractivity contribution is 5.85. The lowest BCUT2D eigenvalue weighted by Crippen LogP contribution is -2.63. The lowest BCUT2D eigenvalue weighted by Gasteiger charge is -2.52. The van der Waals surface area contributed by atoms with Gasteiger partial charge in [-0.25, -0.2) is 0 Å². The second-order valence-corrected chi connectivity index (χ2v) is 8.21. The number of carbonyl (C=O) groups is 2. The van der Waals surface area contributed by atoms with Crippen LogP contribution in [-0.4, -0.2) is 66.4 Å². The van der Waals surface area contributed by atoms with Crippen LogP contribution in [0.2, 0.25) is 0 Å². The van der Waals surface area contributed by atoms with Gasteiger partial charge in [0.15, 0.2) is 0 Å². The molecule has 0 unspecified atom stereocenters. The number of carbonyl (C=O) groups excluding carboxylic acids is 2. The minimum Gasteiger partial charge on any atom is -0.377 e. The molecule has 0 N–H and O–H groups in total. The number of benzene rings is 1. The monoisotopic (exact) mass is 356 g/mol. The second-order valence-electron chi connectivity index (χ2n) is 8.21. The Morgan fingerprint density at radius 2 is 1.81 bits per heavy atom. The average molecular weight is 356 g/mol. The van der Waals surface area contributed by atoms with Crippen molar-refractivity contribution in [2.75, 3.05) is 39.4 Å². The van der Waals surface area contributed by atoms with E-state index in [1.54, 1.807) is 0 Å². The predicted octanol–water partition coefficient (Wildman–Crippen LogP) is 2.07. The van der Waals surface area contributed by atoms with E-state index in [-0.39, 0.29) is 29.1 Å². The summed E-state index contributed by atoms with van der Waals surface area (Å²) < 4.78 is 5.46. The lowest BCUT2D eigenvalue weighted by atomic mass is 9.77. The van der Waals surface area contributed by atoms with Crippen LogP contribution in [0.15, 0.2) is 30.3 Å². The van der Waals surface area contributed by atoms with Crippen molar-refractivity contribution in [3.8, 4) is 0 Å². The number of ketones is 1. The van der Waals surface area contributed by atoms with E-state index in [0.717, 1.165) is 32.7 Å². The summed E-state index contributed by atoms with van der Waals surface area (Å²) >= 11 is 0. The van der Waals surface area contributed by atoms with E-state index in [1.165, 1.54) is 5.56 Å². The first kappa shape index (κ1) is 17.7. The lowest BCUT2D eigenvalue weighted by molar-refractivity contribution is -0.152. The molecule has 0 bridgehead atoms. The summed E-state index contributed by atoms with van der Waals surface area (Å²) in [4.78, 5) is 29.2. The van der Waals surface area contributed by atoms with Crippen LogP contribution >= 0.6 is 0 Å². The van der Waals surface area contributed by atoms with Crippen molar-refractivity contribution >= 4 is 11.7 Å². The molecule has 3 aliphatic heterocycles. The number of nitrogens with zero attached hydrogens (tertiary/aromatic N) is 2. The van der Waals surface area contributed by atoms with Crippen LogP contribution in [-0.2, 0) is 14.3 Å². The van der Waals surface area contributed by atoms with Crippen molar-refractivity contribution in [1.29, 1.82) is 0 Å². The van der Waals surface area contributed by atoms with Crippen LogP contribution in [0, 0.1) is 5.92 Å². The van der Waals surface area contributed by atoms with Gasteiger partial charge in [-0.05, 0) is 25.5 Å². The first-order valence-electron chi connectivity index (χ1n) is 9.75. The van der Waals surface area contributed by atoms with E-state index < -0.39 is 0 Å². The molecule has 3 heterocycles. The van der Waals surface area contributed by atoms with Crippen molar-refractivity contribution in [2.24, 2.45) is 5.92 Å². The number of likely N-dealkylation sites (tertiary alicyclic amines) is 2. The fraction of sp³-hybridized carbons (Fsp3) is 0.619. The van der Waals surface area contributed by atoms with Gasteiger partial charge in [0.25, 0.3) is 0 Å². The molecule has 0 aromatic heterocycles. The highest BCUT2D eigenvalue weighted by atomic mass is 16.5. The maximum absolute atomic E-state index is 13.3. The zero-order chi connectivity index (χ0) is 18.1. The molecular weight excluding hydrogens is 328 g/mol. The first-order chi connectivity index (χ1) is 12.6. The molecule has 4 rings (SSSR count). The molecule has 3 fully saturated rings. The van der Waals surface area contributed by atoms with Gasteiger partial charge in [0.05, 0.1) is 18.8 Å². The summed E-state index contributed by atoms with van der Waals surface area (Å²) in [6.07, 6.45) is 1.89. The molecule has 1 aromatic carbocycles. The van der Waals surface area contributed by atoms with E-state index in [2.05, 4.69) is 36.1 Å². The van der Waals surface area contributed by atoms with Crippen LogP contribution < -0.4 is 0 Å². The van der Waals surface area contributed by atoms with Crippen molar-refractivity contribution in [3.05, 3.63) is 35.9 Å². The minimum absolute atomic E-state index is 0.00597. The van der Waals surface area contributed by atoms with Gasteiger partial charge >= 0.3 is 0 Å². The summed E-state index contributed by atoms with van der Waals surface area (Å²) in [5.74, 6) is 0.723. The number of Topliss-reactive ketones (excluding diaryl/α,β-unsaturated/α-hetero) is 1. The van der Waals surface area contributed by atoms with Gasteiger partial charge in [0.1, 0.15) is 5.78 Å². The molecule has 3 saturated heterocycles. The summed E-state index contributed by atoms with van der Waals surface area (Å²) in [7, 11) is 0. The molecule has 0 aliphatic carbocycles. The number of hydrogen-bond acceptors (Lipinski definition) is 4. The minimum atomic E-state index is 0.00597. The van der Waals surface area contributed by atoms with Crippen LogP contribution in [0.1, 0.15) is 37.7 Å². The number of rotatable bonds is 3. The number of piperidine rings is 2. The molecule has 3 aliphatic rings. The number of amides is 1. The van der Waals surface area contributed by atoms with Crippen LogP contribution in [0.4, 0.5) is 0 Å². The maximum atomic E-state index is 13.3. The van der Waals surface area contributed by atoms with Gasteiger partial charge in [0.2, 0.25) is 5.91 Å². The van der Waals surface area contributed by atoms with E-state index in [0.29, 0.717) is 25.9 Å². The standard InChI is InChI=1S/C21H28N2O3/c1-21(14-26-15-21)23-12-9-18(19(13-23)16-5-3-2-4-6-16)20(25)22-10-7-17(24)8-11-22/h2-6,18-19H,7-15H2,1H3/t18-,19+/m1/s1. The zero-order valence-electron chi connectivity index (χ0n) is 15.5. The maximum Gasteiger partial charge on any atom is 0.226 e.